The van der Waals surface area contributed by atoms with Crippen LogP contribution in [0.25, 0.3) is 0 Å². The van der Waals surface area contributed by atoms with Crippen LogP contribution in [0.4, 0.5) is 10.5 Å². The fraction of sp³-hybridized carbons (Fsp3) is 0.417. The topological polar surface area (TPSA) is 58.4 Å². The number of amides is 2. The smallest absolute Gasteiger partial charge is 0.317 e. The van der Waals surface area contributed by atoms with Gasteiger partial charge in [-0.15, -0.1) is 0 Å². The van der Waals surface area contributed by atoms with Gasteiger partial charge in [-0.1, -0.05) is 12.1 Å². The van der Waals surface area contributed by atoms with Crippen molar-refractivity contribution >= 4 is 11.7 Å². The van der Waals surface area contributed by atoms with Crippen LogP contribution in [0.2, 0.25) is 0 Å². The number of nitrogens with two attached hydrogens (primary N) is 1. The molecule has 0 aromatic heterocycles. The Hall–Kier alpha value is -1.71. The summed E-state index contributed by atoms with van der Waals surface area (Å²) in [6, 6.07) is 7.53. The van der Waals surface area contributed by atoms with Crippen molar-refractivity contribution in [2.45, 2.75) is 19.9 Å². The molecule has 4 heteroatoms. The van der Waals surface area contributed by atoms with Gasteiger partial charge in [-0.05, 0) is 31.5 Å². The maximum atomic E-state index is 11.6. The Bertz CT molecular complexity index is 365. The summed E-state index contributed by atoms with van der Waals surface area (Å²) in [6.45, 7) is 4.51. The van der Waals surface area contributed by atoms with Gasteiger partial charge in [0.1, 0.15) is 0 Å². The lowest BCUT2D eigenvalue weighted by Gasteiger charge is -2.25. The molecule has 0 heterocycles. The molecule has 0 saturated carbocycles. The Balaban J connectivity index is 2.77. The van der Waals surface area contributed by atoms with E-state index in [0.29, 0.717) is 12.2 Å². The minimum Gasteiger partial charge on any atom is -0.399 e. The highest BCUT2D eigenvalue weighted by molar-refractivity contribution is 5.74. The highest BCUT2D eigenvalue weighted by Crippen LogP contribution is 2.20. The summed E-state index contributed by atoms with van der Waals surface area (Å²) in [4.78, 5) is 13.3. The summed E-state index contributed by atoms with van der Waals surface area (Å²) < 4.78 is 0. The molecule has 1 rings (SSSR count). The number of carbonyl (C=O) groups is 1. The van der Waals surface area contributed by atoms with E-state index >= 15 is 0 Å². The molecule has 1 aromatic rings. The second kappa shape index (κ2) is 5.39. The van der Waals surface area contributed by atoms with E-state index in [9.17, 15) is 4.79 Å². The number of carbonyl (C=O) groups excluding carboxylic acids is 1. The number of hydrogen-bond acceptors (Lipinski definition) is 2. The Labute approximate surface area is 96.4 Å². The maximum absolute atomic E-state index is 11.6. The van der Waals surface area contributed by atoms with E-state index in [1.807, 2.05) is 38.1 Å². The predicted octanol–water partition coefficient (Wildman–Crippen LogP) is 1.99. The van der Waals surface area contributed by atoms with Crippen LogP contribution >= 0.6 is 0 Å². The van der Waals surface area contributed by atoms with Crippen molar-refractivity contribution in [1.29, 1.82) is 0 Å². The van der Waals surface area contributed by atoms with E-state index in [2.05, 4.69) is 5.32 Å². The van der Waals surface area contributed by atoms with Gasteiger partial charge in [-0.25, -0.2) is 4.79 Å². The molecule has 88 valence electrons. The van der Waals surface area contributed by atoms with E-state index in [1.165, 1.54) is 0 Å². The van der Waals surface area contributed by atoms with E-state index in [1.54, 1.807) is 11.9 Å². The molecule has 2 amide bonds. The van der Waals surface area contributed by atoms with E-state index < -0.39 is 0 Å². The molecule has 16 heavy (non-hydrogen) atoms. The van der Waals surface area contributed by atoms with Crippen LogP contribution in [0.3, 0.4) is 0 Å². The van der Waals surface area contributed by atoms with E-state index in [0.717, 1.165) is 5.56 Å². The lowest BCUT2D eigenvalue weighted by molar-refractivity contribution is 0.195. The van der Waals surface area contributed by atoms with E-state index in [4.69, 9.17) is 5.73 Å². The minimum atomic E-state index is -0.0718. The number of anilines is 1. The zero-order valence-electron chi connectivity index (χ0n) is 10.0. The summed E-state index contributed by atoms with van der Waals surface area (Å²) >= 11 is 0. The van der Waals surface area contributed by atoms with Crippen molar-refractivity contribution in [1.82, 2.24) is 10.2 Å². The second-order valence-corrected chi connectivity index (χ2v) is 3.79. The second-order valence-electron chi connectivity index (χ2n) is 3.79. The lowest BCUT2D eigenvalue weighted by Crippen LogP contribution is -2.38. The molecule has 0 saturated heterocycles. The van der Waals surface area contributed by atoms with Gasteiger partial charge in [0.05, 0.1) is 6.04 Å². The third-order valence-corrected chi connectivity index (χ3v) is 2.62. The summed E-state index contributed by atoms with van der Waals surface area (Å²) in [5.74, 6) is 0. The quantitative estimate of drug-likeness (QED) is 0.767. The molecule has 1 atom stereocenters. The first-order valence-corrected chi connectivity index (χ1v) is 5.42. The lowest BCUT2D eigenvalue weighted by atomic mass is 10.1. The molecule has 1 aromatic carbocycles. The molecule has 3 N–H and O–H groups in total. The Morgan fingerprint density at radius 1 is 1.56 bits per heavy atom. The normalized spacial score (nSPS) is 11.9. The van der Waals surface area contributed by atoms with Gasteiger partial charge in [0.15, 0.2) is 0 Å². The highest BCUT2D eigenvalue weighted by atomic mass is 16.2. The predicted molar refractivity (Wildman–Crippen MR) is 66.1 cm³/mol. The first-order chi connectivity index (χ1) is 7.56. The van der Waals surface area contributed by atoms with E-state index in [-0.39, 0.29) is 12.1 Å². The number of nitrogens with one attached hydrogen (secondary N) is 1. The van der Waals surface area contributed by atoms with Crippen LogP contribution in [-0.2, 0) is 0 Å². The van der Waals surface area contributed by atoms with Crippen molar-refractivity contribution in [3.63, 3.8) is 0 Å². The van der Waals surface area contributed by atoms with Gasteiger partial charge in [0, 0.05) is 19.3 Å². The maximum Gasteiger partial charge on any atom is 0.317 e. The molecule has 4 nitrogen and oxygen atoms in total. The van der Waals surface area contributed by atoms with Gasteiger partial charge >= 0.3 is 6.03 Å². The van der Waals surface area contributed by atoms with Crippen LogP contribution in [0.15, 0.2) is 24.3 Å². The van der Waals surface area contributed by atoms with Crippen LogP contribution in [0, 0.1) is 0 Å². The Kier molecular flexibility index (Phi) is 4.17. The minimum absolute atomic E-state index is 0.00931. The average molecular weight is 221 g/mol. The molecule has 0 aliphatic carbocycles. The zero-order chi connectivity index (χ0) is 12.1. The molecule has 1 unspecified atom stereocenters. The molecule has 0 spiro atoms. The fourth-order valence-electron chi connectivity index (χ4n) is 1.49. The van der Waals surface area contributed by atoms with Crippen LogP contribution in [-0.4, -0.2) is 24.5 Å². The van der Waals surface area contributed by atoms with Crippen molar-refractivity contribution < 1.29 is 4.79 Å². The summed E-state index contributed by atoms with van der Waals surface area (Å²) in [5.41, 5.74) is 7.46. The SMILES string of the molecule is CCNC(=O)N(C)C(C)c1cccc(N)c1. The average Bonchev–Trinajstić information content (AvgIpc) is 2.27. The van der Waals surface area contributed by atoms with Gasteiger partial charge in [-0.2, -0.15) is 0 Å². The van der Waals surface area contributed by atoms with Crippen molar-refractivity contribution in [2.75, 3.05) is 19.3 Å². The van der Waals surface area contributed by atoms with Crippen LogP contribution in [0.1, 0.15) is 25.5 Å². The Morgan fingerprint density at radius 2 is 2.25 bits per heavy atom. The first kappa shape index (κ1) is 12.4. The molecule has 0 bridgehead atoms. The number of nitrogens with zero attached hydrogens (tertiary/aromatic N) is 1. The third kappa shape index (κ3) is 2.89. The van der Waals surface area contributed by atoms with Gasteiger partial charge < -0.3 is 16.0 Å². The van der Waals surface area contributed by atoms with Crippen molar-refractivity contribution in [3.8, 4) is 0 Å². The Morgan fingerprint density at radius 3 is 2.81 bits per heavy atom. The molecule has 0 radical (unpaired) electrons. The standard InChI is InChI=1S/C12H19N3O/c1-4-14-12(16)15(3)9(2)10-6-5-7-11(13)8-10/h5-9H,4,13H2,1-3H3,(H,14,16). The third-order valence-electron chi connectivity index (χ3n) is 2.62. The number of rotatable bonds is 3. The zero-order valence-corrected chi connectivity index (χ0v) is 10.0. The molecule has 0 aliphatic heterocycles. The fourth-order valence-corrected chi connectivity index (χ4v) is 1.49. The molecular formula is C12H19N3O. The number of urea groups is 1. The van der Waals surface area contributed by atoms with Crippen molar-refractivity contribution in [3.05, 3.63) is 29.8 Å². The summed E-state index contributed by atoms with van der Waals surface area (Å²) in [7, 11) is 1.78. The van der Waals surface area contributed by atoms with Crippen molar-refractivity contribution in [2.24, 2.45) is 0 Å². The molecule has 0 fully saturated rings. The number of hydrogen-bond donors (Lipinski definition) is 2. The molecular weight excluding hydrogens is 202 g/mol. The summed E-state index contributed by atoms with van der Waals surface area (Å²) in [5, 5.41) is 2.77. The summed E-state index contributed by atoms with van der Waals surface area (Å²) in [6.07, 6.45) is 0. The van der Waals surface area contributed by atoms with Gasteiger partial charge in [0.25, 0.3) is 0 Å². The van der Waals surface area contributed by atoms with Crippen LogP contribution < -0.4 is 11.1 Å². The highest BCUT2D eigenvalue weighted by Gasteiger charge is 2.16. The van der Waals surface area contributed by atoms with Crippen LogP contribution in [0.5, 0.6) is 0 Å². The van der Waals surface area contributed by atoms with Gasteiger partial charge in [-0.3, -0.25) is 0 Å². The van der Waals surface area contributed by atoms with Gasteiger partial charge in [0.2, 0.25) is 0 Å². The largest absolute Gasteiger partial charge is 0.399 e. The number of benzene rings is 1. The first-order valence-electron chi connectivity index (χ1n) is 5.42. The number of nitrogen functional groups attached to an aromatic ring is 1. The monoisotopic (exact) mass is 221 g/mol. The molecule has 0 aliphatic rings.